The molecule has 0 aromatic heterocycles. The highest BCUT2D eigenvalue weighted by atomic mass is 16.2. The van der Waals surface area contributed by atoms with Gasteiger partial charge < -0.3 is 4.90 Å². The normalized spacial score (nSPS) is 21.9. The van der Waals surface area contributed by atoms with Crippen LogP contribution in [0.3, 0.4) is 0 Å². The first-order valence-electron chi connectivity index (χ1n) is 6.47. The van der Waals surface area contributed by atoms with Gasteiger partial charge in [-0.25, -0.2) is 0 Å². The number of hydrogen-bond donors (Lipinski definition) is 1. The van der Waals surface area contributed by atoms with Crippen molar-refractivity contribution >= 4 is 11.7 Å². The van der Waals surface area contributed by atoms with Crippen LogP contribution in [0.25, 0.3) is 0 Å². The third-order valence-corrected chi connectivity index (χ3v) is 3.42. The van der Waals surface area contributed by atoms with Gasteiger partial charge in [0.2, 0.25) is 5.91 Å². The minimum Gasteiger partial charge on any atom is -0.333 e. The lowest BCUT2D eigenvalue weighted by atomic mass is 10.1. The summed E-state index contributed by atoms with van der Waals surface area (Å²) >= 11 is 0. The summed E-state index contributed by atoms with van der Waals surface area (Å²) in [7, 11) is 0. The molecule has 96 valence electrons. The lowest BCUT2D eigenvalue weighted by Gasteiger charge is -2.25. The largest absolute Gasteiger partial charge is 0.333 e. The van der Waals surface area contributed by atoms with Crippen molar-refractivity contribution in [3.05, 3.63) is 0 Å². The Morgan fingerprint density at radius 2 is 2.18 bits per heavy atom. The van der Waals surface area contributed by atoms with Gasteiger partial charge in [0.15, 0.2) is 5.78 Å². The van der Waals surface area contributed by atoms with Crippen LogP contribution in [-0.2, 0) is 9.59 Å². The molecule has 5 heteroatoms. The summed E-state index contributed by atoms with van der Waals surface area (Å²) in [5, 5.41) is 3.14. The molecule has 0 saturated carbocycles. The summed E-state index contributed by atoms with van der Waals surface area (Å²) in [6.45, 7) is 6.13. The number of Topliss-reactive ketones (excluding diaryl/α,β-unsaturated/α-hetero) is 1. The quantitative estimate of drug-likeness (QED) is 0.626. The molecular weight excluding hydrogens is 218 g/mol. The molecule has 0 aromatic carbocycles. The van der Waals surface area contributed by atoms with Crippen LogP contribution in [0.1, 0.15) is 26.2 Å². The highest BCUT2D eigenvalue weighted by molar-refractivity contribution is 5.91. The molecule has 1 N–H and O–H groups in total. The van der Waals surface area contributed by atoms with Gasteiger partial charge in [-0.15, -0.1) is 0 Å². The van der Waals surface area contributed by atoms with Gasteiger partial charge in [-0.1, -0.05) is 6.92 Å². The van der Waals surface area contributed by atoms with E-state index in [0.29, 0.717) is 13.0 Å². The van der Waals surface area contributed by atoms with Crippen LogP contribution < -0.4 is 5.32 Å². The molecule has 0 bridgehead atoms. The van der Waals surface area contributed by atoms with E-state index in [9.17, 15) is 9.59 Å². The van der Waals surface area contributed by atoms with Gasteiger partial charge in [-0.3, -0.25) is 19.8 Å². The van der Waals surface area contributed by atoms with Gasteiger partial charge in [0.1, 0.15) is 0 Å². The van der Waals surface area contributed by atoms with Crippen LogP contribution in [0, 0.1) is 0 Å². The minimum atomic E-state index is -0.216. The molecule has 0 aromatic rings. The number of carbonyl (C=O) groups is 2. The summed E-state index contributed by atoms with van der Waals surface area (Å²) in [6.07, 6.45) is 2.21. The molecule has 2 heterocycles. The second kappa shape index (κ2) is 5.60. The molecule has 2 fully saturated rings. The average Bonchev–Trinajstić information content (AvgIpc) is 3.04. The van der Waals surface area contributed by atoms with Crippen molar-refractivity contribution in [1.82, 2.24) is 15.1 Å². The Bertz CT molecular complexity index is 302. The van der Waals surface area contributed by atoms with Crippen LogP contribution in [0.4, 0.5) is 0 Å². The van der Waals surface area contributed by atoms with Crippen molar-refractivity contribution in [2.24, 2.45) is 0 Å². The summed E-state index contributed by atoms with van der Waals surface area (Å²) in [6, 6.07) is -0.216. The maximum absolute atomic E-state index is 12.0. The van der Waals surface area contributed by atoms with E-state index in [4.69, 9.17) is 0 Å². The van der Waals surface area contributed by atoms with Crippen molar-refractivity contribution in [1.29, 1.82) is 0 Å². The standard InChI is InChI=1S/C12H21N3O2/c1-2-10(15-5-3-4-12(15)17)11(16)8-13-9-14-6-7-14/h10,13H,2-9H2,1H3. The zero-order chi connectivity index (χ0) is 12.3. The highest BCUT2D eigenvalue weighted by Gasteiger charge is 2.31. The molecule has 2 aliphatic rings. The fourth-order valence-electron chi connectivity index (χ4n) is 2.30. The molecule has 2 saturated heterocycles. The van der Waals surface area contributed by atoms with Gasteiger partial charge in [-0.05, 0) is 12.8 Å². The molecule has 0 radical (unpaired) electrons. The number of nitrogens with zero attached hydrogens (tertiary/aromatic N) is 2. The van der Waals surface area contributed by atoms with E-state index >= 15 is 0 Å². The Hall–Kier alpha value is -0.940. The van der Waals surface area contributed by atoms with Crippen LogP contribution in [0.2, 0.25) is 0 Å². The highest BCUT2D eigenvalue weighted by Crippen LogP contribution is 2.16. The summed E-state index contributed by atoms with van der Waals surface area (Å²) < 4.78 is 0. The van der Waals surface area contributed by atoms with Crippen LogP contribution in [-0.4, -0.2) is 60.4 Å². The van der Waals surface area contributed by atoms with Crippen LogP contribution in [0.15, 0.2) is 0 Å². The number of rotatable bonds is 7. The predicted octanol–water partition coefficient (Wildman–Crippen LogP) is -0.181. The van der Waals surface area contributed by atoms with E-state index in [-0.39, 0.29) is 17.7 Å². The average molecular weight is 239 g/mol. The van der Waals surface area contributed by atoms with Crippen LogP contribution in [0.5, 0.6) is 0 Å². The second-order valence-electron chi connectivity index (χ2n) is 4.78. The zero-order valence-electron chi connectivity index (χ0n) is 10.4. The number of ketones is 1. The zero-order valence-corrected chi connectivity index (χ0v) is 10.4. The fourth-order valence-corrected chi connectivity index (χ4v) is 2.30. The summed E-state index contributed by atoms with van der Waals surface area (Å²) in [5.74, 6) is 0.278. The maximum Gasteiger partial charge on any atom is 0.223 e. The third-order valence-electron chi connectivity index (χ3n) is 3.42. The monoisotopic (exact) mass is 239 g/mol. The number of hydrogen-bond acceptors (Lipinski definition) is 4. The lowest BCUT2D eigenvalue weighted by Crippen LogP contribution is -2.45. The molecule has 2 aliphatic heterocycles. The summed E-state index contributed by atoms with van der Waals surface area (Å²) in [4.78, 5) is 27.6. The predicted molar refractivity (Wildman–Crippen MR) is 64.5 cm³/mol. The lowest BCUT2D eigenvalue weighted by molar-refractivity contribution is -0.136. The molecule has 1 amide bonds. The molecular formula is C12H21N3O2. The number of likely N-dealkylation sites (tertiary alicyclic amines) is 1. The Kier molecular flexibility index (Phi) is 4.12. The van der Waals surface area contributed by atoms with E-state index in [0.717, 1.165) is 39.1 Å². The smallest absolute Gasteiger partial charge is 0.223 e. The van der Waals surface area contributed by atoms with Crippen molar-refractivity contribution in [2.75, 3.05) is 32.8 Å². The first kappa shape index (κ1) is 12.5. The molecule has 2 rings (SSSR count). The van der Waals surface area contributed by atoms with Crippen molar-refractivity contribution in [3.8, 4) is 0 Å². The Labute approximate surface area is 102 Å². The van der Waals surface area contributed by atoms with Gasteiger partial charge in [0, 0.05) is 32.7 Å². The van der Waals surface area contributed by atoms with Gasteiger partial charge in [0.25, 0.3) is 0 Å². The molecule has 17 heavy (non-hydrogen) atoms. The van der Waals surface area contributed by atoms with Crippen molar-refractivity contribution in [2.45, 2.75) is 32.2 Å². The Morgan fingerprint density at radius 1 is 1.41 bits per heavy atom. The van der Waals surface area contributed by atoms with Crippen LogP contribution >= 0.6 is 0 Å². The third kappa shape index (κ3) is 3.26. The summed E-state index contributed by atoms with van der Waals surface area (Å²) in [5.41, 5.74) is 0. The van der Waals surface area contributed by atoms with Gasteiger partial charge in [0.05, 0.1) is 12.6 Å². The van der Waals surface area contributed by atoms with Gasteiger partial charge in [-0.2, -0.15) is 0 Å². The van der Waals surface area contributed by atoms with Crippen molar-refractivity contribution < 1.29 is 9.59 Å². The maximum atomic E-state index is 12.0. The van der Waals surface area contributed by atoms with E-state index in [1.54, 1.807) is 4.90 Å². The Morgan fingerprint density at radius 3 is 2.71 bits per heavy atom. The van der Waals surface area contributed by atoms with E-state index in [2.05, 4.69) is 10.2 Å². The molecule has 1 unspecified atom stereocenters. The van der Waals surface area contributed by atoms with Gasteiger partial charge >= 0.3 is 0 Å². The first-order valence-corrected chi connectivity index (χ1v) is 6.47. The fraction of sp³-hybridized carbons (Fsp3) is 0.833. The Balaban J connectivity index is 1.78. The number of carbonyl (C=O) groups excluding carboxylic acids is 2. The van der Waals surface area contributed by atoms with Crippen molar-refractivity contribution in [3.63, 3.8) is 0 Å². The minimum absolute atomic E-state index is 0.135. The van der Waals surface area contributed by atoms with E-state index < -0.39 is 0 Å². The number of nitrogens with one attached hydrogen (secondary N) is 1. The molecule has 0 spiro atoms. The molecule has 5 nitrogen and oxygen atoms in total. The second-order valence-corrected chi connectivity index (χ2v) is 4.78. The van der Waals surface area contributed by atoms with E-state index in [1.807, 2.05) is 6.92 Å². The molecule has 0 aliphatic carbocycles. The van der Waals surface area contributed by atoms with E-state index in [1.165, 1.54) is 0 Å². The topological polar surface area (TPSA) is 52.4 Å². The SMILES string of the molecule is CCC(C(=O)CNCN1CC1)N1CCCC1=O. The number of amides is 1. The first-order chi connectivity index (χ1) is 8.22. The molecule has 1 atom stereocenters.